The van der Waals surface area contributed by atoms with Gasteiger partial charge in [-0.25, -0.2) is 4.79 Å². The lowest BCUT2D eigenvalue weighted by Gasteiger charge is -2.15. The lowest BCUT2D eigenvalue weighted by atomic mass is 10.1. The molecule has 6 nitrogen and oxygen atoms in total. The maximum absolute atomic E-state index is 11.6. The van der Waals surface area contributed by atoms with Crippen molar-refractivity contribution in [3.8, 4) is 5.75 Å². The second-order valence-corrected chi connectivity index (χ2v) is 5.10. The monoisotopic (exact) mass is 277 g/mol. The Labute approximate surface area is 114 Å². The Balaban J connectivity index is 1.97. The van der Waals surface area contributed by atoms with Gasteiger partial charge in [-0.3, -0.25) is 4.90 Å². The number of aliphatic hydroxyl groups excluding tert-OH is 2. The molecule has 0 aliphatic carbocycles. The van der Waals surface area contributed by atoms with Gasteiger partial charge in [-0.05, 0) is 17.7 Å². The lowest BCUT2D eigenvalue weighted by Crippen LogP contribution is -2.22. The Morgan fingerprint density at radius 1 is 1.20 bits per heavy atom. The van der Waals surface area contributed by atoms with Crippen molar-refractivity contribution in [2.75, 3.05) is 13.1 Å². The summed E-state index contributed by atoms with van der Waals surface area (Å²) in [7, 11) is 0. The number of hydrogen-bond acceptors (Lipinski definition) is 6. The maximum Gasteiger partial charge on any atom is 0.336 e. The van der Waals surface area contributed by atoms with E-state index in [4.69, 9.17) is 4.42 Å². The molecule has 3 N–H and O–H groups in total. The first kappa shape index (κ1) is 13.1. The van der Waals surface area contributed by atoms with Crippen LogP contribution in [0, 0.1) is 0 Å². The van der Waals surface area contributed by atoms with E-state index in [1.54, 1.807) is 6.07 Å². The van der Waals surface area contributed by atoms with E-state index in [2.05, 4.69) is 0 Å². The highest BCUT2D eigenvalue weighted by Gasteiger charge is 2.29. The molecule has 20 heavy (non-hydrogen) atoms. The van der Waals surface area contributed by atoms with E-state index in [0.29, 0.717) is 25.2 Å². The third kappa shape index (κ3) is 2.40. The summed E-state index contributed by atoms with van der Waals surface area (Å²) in [5.74, 6) is 0.0322. The van der Waals surface area contributed by atoms with Gasteiger partial charge in [-0.1, -0.05) is 0 Å². The molecule has 3 rings (SSSR count). The predicted octanol–water partition coefficient (Wildman–Crippen LogP) is 0.0360. The number of β-amino-alcohol motifs (C(OH)–C–C–N with tert-alkyl or cyclic N) is 2. The van der Waals surface area contributed by atoms with Crippen LogP contribution in [0.25, 0.3) is 11.0 Å². The molecule has 0 spiro atoms. The number of aliphatic hydroxyl groups is 2. The number of rotatable bonds is 2. The number of likely N-dealkylation sites (tertiary alicyclic amines) is 1. The summed E-state index contributed by atoms with van der Waals surface area (Å²) in [6.45, 7) is 1.16. The van der Waals surface area contributed by atoms with Gasteiger partial charge < -0.3 is 19.7 Å². The molecule has 0 radical (unpaired) electrons. The van der Waals surface area contributed by atoms with Crippen LogP contribution < -0.4 is 5.63 Å². The summed E-state index contributed by atoms with van der Waals surface area (Å²) in [5.41, 5.74) is 0.587. The van der Waals surface area contributed by atoms with Crippen LogP contribution >= 0.6 is 0 Å². The number of hydrogen-bond donors (Lipinski definition) is 3. The summed E-state index contributed by atoms with van der Waals surface area (Å²) in [6.07, 6.45) is -1.52. The standard InChI is InChI=1S/C14H15NO5/c16-9-1-2-10-8(3-14(19)20-13(10)4-9)5-15-6-11(17)12(18)7-15/h1-4,11-12,16-18H,5-7H2. The first-order chi connectivity index (χ1) is 9.52. The Kier molecular flexibility index (Phi) is 3.21. The van der Waals surface area contributed by atoms with E-state index >= 15 is 0 Å². The zero-order valence-electron chi connectivity index (χ0n) is 10.7. The molecule has 1 fully saturated rings. The molecule has 1 aliphatic rings. The Bertz CT molecular complexity index is 686. The van der Waals surface area contributed by atoms with Gasteiger partial charge in [-0.15, -0.1) is 0 Å². The molecule has 0 saturated carbocycles. The van der Waals surface area contributed by atoms with Crippen LogP contribution in [0.2, 0.25) is 0 Å². The molecule has 0 bridgehead atoms. The van der Waals surface area contributed by atoms with Crippen LogP contribution in [0.15, 0.2) is 33.5 Å². The largest absolute Gasteiger partial charge is 0.508 e. The molecule has 2 unspecified atom stereocenters. The van der Waals surface area contributed by atoms with Crippen molar-refractivity contribution >= 4 is 11.0 Å². The zero-order chi connectivity index (χ0) is 14.3. The Hall–Kier alpha value is -1.89. The van der Waals surface area contributed by atoms with Crippen molar-refractivity contribution in [2.24, 2.45) is 0 Å². The third-order valence-corrected chi connectivity index (χ3v) is 3.54. The van der Waals surface area contributed by atoms with Crippen LogP contribution in [0.1, 0.15) is 5.56 Å². The minimum atomic E-state index is -0.759. The van der Waals surface area contributed by atoms with E-state index < -0.39 is 17.8 Å². The number of phenols is 1. The Morgan fingerprint density at radius 2 is 1.90 bits per heavy atom. The summed E-state index contributed by atoms with van der Waals surface area (Å²) in [5, 5.41) is 29.3. The fourth-order valence-corrected chi connectivity index (χ4v) is 2.57. The molecule has 6 heteroatoms. The molecule has 0 amide bonds. The molecule has 2 aromatic rings. The third-order valence-electron chi connectivity index (χ3n) is 3.54. The molecule has 1 aliphatic heterocycles. The van der Waals surface area contributed by atoms with Gasteiger partial charge in [0.05, 0.1) is 12.2 Å². The minimum Gasteiger partial charge on any atom is -0.508 e. The fraction of sp³-hybridized carbons (Fsp3) is 0.357. The van der Waals surface area contributed by atoms with E-state index in [1.165, 1.54) is 18.2 Å². The number of benzene rings is 1. The Morgan fingerprint density at radius 3 is 2.60 bits per heavy atom. The molecule has 2 atom stereocenters. The first-order valence-corrected chi connectivity index (χ1v) is 6.37. The van der Waals surface area contributed by atoms with Crippen molar-refractivity contribution in [1.29, 1.82) is 0 Å². The van der Waals surface area contributed by atoms with Gasteiger partial charge in [0.25, 0.3) is 0 Å². The van der Waals surface area contributed by atoms with E-state index in [9.17, 15) is 20.1 Å². The normalized spacial score (nSPS) is 23.5. The maximum atomic E-state index is 11.6. The average molecular weight is 277 g/mol. The molecular formula is C14H15NO5. The number of phenolic OH excluding ortho intramolecular Hbond substituents is 1. The van der Waals surface area contributed by atoms with Gasteiger partial charge in [0, 0.05) is 37.2 Å². The second kappa shape index (κ2) is 4.90. The first-order valence-electron chi connectivity index (χ1n) is 6.37. The molecule has 2 heterocycles. The van der Waals surface area contributed by atoms with Gasteiger partial charge >= 0.3 is 5.63 Å². The van der Waals surface area contributed by atoms with Crippen LogP contribution in [0.3, 0.4) is 0 Å². The van der Waals surface area contributed by atoms with Crippen molar-refractivity contribution in [2.45, 2.75) is 18.8 Å². The van der Waals surface area contributed by atoms with E-state index in [1.807, 2.05) is 4.90 Å². The number of nitrogens with zero attached hydrogens (tertiary/aromatic N) is 1. The molecule has 1 saturated heterocycles. The van der Waals surface area contributed by atoms with E-state index in [0.717, 1.165) is 10.9 Å². The zero-order valence-corrected chi connectivity index (χ0v) is 10.7. The van der Waals surface area contributed by atoms with Gasteiger partial charge in [0.15, 0.2) is 0 Å². The number of aromatic hydroxyl groups is 1. The molecule has 1 aromatic carbocycles. The topological polar surface area (TPSA) is 94.1 Å². The summed E-state index contributed by atoms with van der Waals surface area (Å²) >= 11 is 0. The van der Waals surface area contributed by atoms with Crippen LogP contribution in [-0.2, 0) is 6.54 Å². The molecule has 1 aromatic heterocycles. The smallest absolute Gasteiger partial charge is 0.336 e. The van der Waals surface area contributed by atoms with Crippen molar-refractivity contribution < 1.29 is 19.7 Å². The van der Waals surface area contributed by atoms with Crippen molar-refractivity contribution in [3.63, 3.8) is 0 Å². The minimum absolute atomic E-state index is 0.0322. The van der Waals surface area contributed by atoms with Crippen LogP contribution in [0.5, 0.6) is 5.75 Å². The fourth-order valence-electron chi connectivity index (χ4n) is 2.57. The predicted molar refractivity (Wildman–Crippen MR) is 71.4 cm³/mol. The molecular weight excluding hydrogens is 262 g/mol. The number of fused-ring (bicyclic) bond motifs is 1. The van der Waals surface area contributed by atoms with Crippen LogP contribution in [-0.4, -0.2) is 45.5 Å². The van der Waals surface area contributed by atoms with Crippen molar-refractivity contribution in [1.82, 2.24) is 4.90 Å². The average Bonchev–Trinajstić information content (AvgIpc) is 2.67. The SMILES string of the molecule is O=c1cc(CN2CC(O)C(O)C2)c2ccc(O)cc2o1. The van der Waals surface area contributed by atoms with Crippen molar-refractivity contribution in [3.05, 3.63) is 40.2 Å². The summed E-state index contributed by atoms with van der Waals surface area (Å²) < 4.78 is 5.06. The van der Waals surface area contributed by atoms with E-state index in [-0.39, 0.29) is 5.75 Å². The van der Waals surface area contributed by atoms with Gasteiger partial charge in [0.2, 0.25) is 0 Å². The summed E-state index contributed by atoms with van der Waals surface area (Å²) in [6, 6.07) is 6.01. The highest BCUT2D eigenvalue weighted by atomic mass is 16.4. The highest BCUT2D eigenvalue weighted by molar-refractivity contribution is 5.81. The molecule has 106 valence electrons. The van der Waals surface area contributed by atoms with Gasteiger partial charge in [0.1, 0.15) is 11.3 Å². The highest BCUT2D eigenvalue weighted by Crippen LogP contribution is 2.23. The lowest BCUT2D eigenvalue weighted by molar-refractivity contribution is 0.0572. The quantitative estimate of drug-likeness (QED) is 0.671. The van der Waals surface area contributed by atoms with Gasteiger partial charge in [-0.2, -0.15) is 0 Å². The summed E-state index contributed by atoms with van der Waals surface area (Å²) in [4.78, 5) is 13.4. The second-order valence-electron chi connectivity index (χ2n) is 5.10. The van der Waals surface area contributed by atoms with Crippen LogP contribution in [0.4, 0.5) is 0 Å².